The lowest BCUT2D eigenvalue weighted by molar-refractivity contribution is -0.148. The van der Waals surface area contributed by atoms with E-state index < -0.39 is 18.0 Å². The molecule has 0 bridgehead atoms. The second kappa shape index (κ2) is 10.6. The summed E-state index contributed by atoms with van der Waals surface area (Å²) in [5.74, 6) is -1.31. The fourth-order valence-electron chi connectivity index (χ4n) is 3.39. The number of ether oxygens (including phenoxy) is 2. The van der Waals surface area contributed by atoms with Crippen molar-refractivity contribution in [1.29, 1.82) is 5.26 Å². The van der Waals surface area contributed by atoms with E-state index >= 15 is 0 Å². The molecule has 0 saturated carbocycles. The fourth-order valence-corrected chi connectivity index (χ4v) is 3.39. The van der Waals surface area contributed by atoms with E-state index in [2.05, 4.69) is 9.88 Å². The van der Waals surface area contributed by atoms with Crippen molar-refractivity contribution in [2.45, 2.75) is 46.8 Å². The van der Waals surface area contributed by atoms with Crippen LogP contribution in [0.4, 0.5) is 5.69 Å². The number of nitrogens with zero attached hydrogens (tertiary/aromatic N) is 2. The first-order chi connectivity index (χ1) is 14.7. The molecule has 0 unspecified atom stereocenters. The summed E-state index contributed by atoms with van der Waals surface area (Å²) >= 11 is 0. The van der Waals surface area contributed by atoms with E-state index in [-0.39, 0.29) is 11.6 Å². The summed E-state index contributed by atoms with van der Waals surface area (Å²) in [5.41, 5.74) is 4.14. The van der Waals surface area contributed by atoms with Gasteiger partial charge in [-0.05, 0) is 64.5 Å². The van der Waals surface area contributed by atoms with Crippen LogP contribution in [0, 0.1) is 32.1 Å². The minimum Gasteiger partial charge on any atom is -0.448 e. The van der Waals surface area contributed by atoms with Crippen molar-refractivity contribution in [3.63, 3.8) is 0 Å². The third-order valence-electron chi connectivity index (χ3n) is 4.98. The molecule has 1 heterocycles. The number of nitrogens with one attached hydrogen (secondary N) is 1. The molecule has 0 aliphatic heterocycles. The van der Waals surface area contributed by atoms with Gasteiger partial charge in [0.25, 0.3) is 5.91 Å². The van der Waals surface area contributed by atoms with E-state index in [1.165, 1.54) is 13.0 Å². The number of aromatic nitrogens is 1. The van der Waals surface area contributed by atoms with Gasteiger partial charge in [0.15, 0.2) is 6.10 Å². The number of nitriles is 1. The predicted molar refractivity (Wildman–Crippen MR) is 119 cm³/mol. The molecule has 2 aromatic rings. The van der Waals surface area contributed by atoms with Crippen LogP contribution >= 0.6 is 0 Å². The fraction of sp³-hybridized carbons (Fsp3) is 0.375. The quantitative estimate of drug-likeness (QED) is 0.392. The number of carbonyl (C=O) groups excluding carboxylic acids is 2. The maximum atomic E-state index is 12.5. The van der Waals surface area contributed by atoms with E-state index in [1.807, 2.05) is 52.0 Å². The second-order valence-electron chi connectivity index (χ2n) is 7.57. The number of hydrogen-bond acceptors (Lipinski definition) is 5. The summed E-state index contributed by atoms with van der Waals surface area (Å²) in [6.45, 7) is 9.86. The summed E-state index contributed by atoms with van der Waals surface area (Å²) in [5, 5.41) is 12.2. The summed E-state index contributed by atoms with van der Waals surface area (Å²) in [7, 11) is 1.64. The summed E-state index contributed by atoms with van der Waals surface area (Å²) in [4.78, 5) is 24.8. The molecule has 1 aromatic heterocycles. The van der Waals surface area contributed by atoms with Crippen LogP contribution in [0.3, 0.4) is 0 Å². The first-order valence-corrected chi connectivity index (χ1v) is 10.1. The number of esters is 1. The number of aryl methyl sites for hydroxylation is 2. The Labute approximate surface area is 183 Å². The molecule has 1 N–H and O–H groups in total. The lowest BCUT2D eigenvalue weighted by Gasteiger charge is -2.17. The molecular formula is C24H29N3O4. The van der Waals surface area contributed by atoms with Gasteiger partial charge in [-0.25, -0.2) is 4.79 Å². The van der Waals surface area contributed by atoms with Crippen LogP contribution < -0.4 is 5.32 Å². The number of benzene rings is 1. The van der Waals surface area contributed by atoms with Crippen molar-refractivity contribution in [2.24, 2.45) is 0 Å². The van der Waals surface area contributed by atoms with E-state index in [1.54, 1.807) is 19.2 Å². The van der Waals surface area contributed by atoms with Crippen molar-refractivity contribution < 1.29 is 19.1 Å². The Morgan fingerprint density at radius 1 is 1.19 bits per heavy atom. The number of rotatable bonds is 8. The van der Waals surface area contributed by atoms with Gasteiger partial charge in [-0.1, -0.05) is 17.7 Å². The molecule has 31 heavy (non-hydrogen) atoms. The minimum absolute atomic E-state index is 0.107. The van der Waals surface area contributed by atoms with E-state index in [4.69, 9.17) is 9.47 Å². The lowest BCUT2D eigenvalue weighted by atomic mass is 10.1. The smallest absolute Gasteiger partial charge is 0.349 e. The van der Waals surface area contributed by atoms with Crippen molar-refractivity contribution in [3.8, 4) is 6.07 Å². The van der Waals surface area contributed by atoms with Gasteiger partial charge in [-0.3, -0.25) is 4.79 Å². The highest BCUT2D eigenvalue weighted by Gasteiger charge is 2.22. The number of anilines is 1. The Bertz CT molecular complexity index is 1010. The van der Waals surface area contributed by atoms with Crippen LogP contribution in [-0.4, -0.2) is 36.3 Å². The first-order valence-electron chi connectivity index (χ1n) is 10.1. The van der Waals surface area contributed by atoms with E-state index in [9.17, 15) is 14.9 Å². The topological polar surface area (TPSA) is 93.3 Å². The molecular weight excluding hydrogens is 394 g/mol. The normalized spacial score (nSPS) is 13.3. The van der Waals surface area contributed by atoms with Gasteiger partial charge in [-0.15, -0.1) is 0 Å². The molecule has 1 amide bonds. The average Bonchev–Trinajstić information content (AvgIpc) is 3.00. The van der Waals surface area contributed by atoms with Crippen LogP contribution in [0.25, 0.3) is 6.08 Å². The van der Waals surface area contributed by atoms with Gasteiger partial charge in [0.2, 0.25) is 0 Å². The van der Waals surface area contributed by atoms with Crippen molar-refractivity contribution in [1.82, 2.24) is 4.57 Å². The Morgan fingerprint density at radius 2 is 1.84 bits per heavy atom. The molecule has 7 nitrogen and oxygen atoms in total. The molecule has 0 spiro atoms. The first kappa shape index (κ1) is 23.9. The highest BCUT2D eigenvalue weighted by Crippen LogP contribution is 2.23. The van der Waals surface area contributed by atoms with E-state index in [0.717, 1.165) is 22.5 Å². The maximum absolute atomic E-state index is 12.5. The van der Waals surface area contributed by atoms with Gasteiger partial charge < -0.3 is 19.4 Å². The minimum atomic E-state index is -1.06. The van der Waals surface area contributed by atoms with Crippen molar-refractivity contribution in [2.75, 3.05) is 19.0 Å². The second-order valence-corrected chi connectivity index (χ2v) is 7.57. The van der Waals surface area contributed by atoms with Gasteiger partial charge in [0, 0.05) is 24.2 Å². The Hall–Kier alpha value is -3.37. The molecule has 1 aromatic carbocycles. The molecule has 7 heteroatoms. The molecule has 0 aliphatic carbocycles. The third kappa shape index (κ3) is 6.06. The van der Waals surface area contributed by atoms with Crippen LogP contribution in [0.1, 0.15) is 42.4 Å². The van der Waals surface area contributed by atoms with E-state index in [0.29, 0.717) is 12.3 Å². The van der Waals surface area contributed by atoms with Gasteiger partial charge in [-0.2, -0.15) is 5.26 Å². The zero-order chi connectivity index (χ0) is 23.1. The maximum Gasteiger partial charge on any atom is 0.349 e. The average molecular weight is 424 g/mol. The zero-order valence-corrected chi connectivity index (χ0v) is 18.9. The molecule has 0 fully saturated rings. The third-order valence-corrected chi connectivity index (χ3v) is 4.98. The molecule has 0 aliphatic rings. The number of methoxy groups -OCH3 is 1. The molecule has 164 valence electrons. The molecule has 2 rings (SSSR count). The standard InChI is InChI=1S/C24H29N3O4/c1-15-7-9-22(10-8-15)26-23(28)19(5)31-24(29)21(13-25)12-20-11-16(2)27(18(20)4)17(3)14-30-6/h7-12,17,19H,14H2,1-6H3,(H,26,28)/b21-12+/t17-,19+/m1/s1. The molecule has 0 saturated heterocycles. The predicted octanol–water partition coefficient (Wildman–Crippen LogP) is 4.10. The number of hydrogen-bond donors (Lipinski definition) is 1. The summed E-state index contributed by atoms with van der Waals surface area (Å²) in [6, 6.07) is 11.2. The number of amides is 1. The Balaban J connectivity index is 2.13. The van der Waals surface area contributed by atoms with Crippen LogP contribution in [0.5, 0.6) is 0 Å². The van der Waals surface area contributed by atoms with Crippen LogP contribution in [0.2, 0.25) is 0 Å². The highest BCUT2D eigenvalue weighted by molar-refractivity contribution is 6.01. The summed E-state index contributed by atoms with van der Waals surface area (Å²) in [6.07, 6.45) is 0.436. The van der Waals surface area contributed by atoms with Crippen LogP contribution in [-0.2, 0) is 19.1 Å². The van der Waals surface area contributed by atoms with Crippen LogP contribution in [0.15, 0.2) is 35.9 Å². The van der Waals surface area contributed by atoms with Gasteiger partial charge >= 0.3 is 5.97 Å². The highest BCUT2D eigenvalue weighted by atomic mass is 16.5. The lowest BCUT2D eigenvalue weighted by Crippen LogP contribution is -2.30. The Morgan fingerprint density at radius 3 is 2.42 bits per heavy atom. The molecule has 2 atom stereocenters. The largest absolute Gasteiger partial charge is 0.448 e. The van der Waals surface area contributed by atoms with Crippen molar-refractivity contribution in [3.05, 3.63) is 58.4 Å². The monoisotopic (exact) mass is 423 g/mol. The van der Waals surface area contributed by atoms with Gasteiger partial charge in [0.1, 0.15) is 11.6 Å². The van der Waals surface area contributed by atoms with Crippen molar-refractivity contribution >= 4 is 23.6 Å². The number of carbonyl (C=O) groups is 2. The molecule has 0 radical (unpaired) electrons. The SMILES string of the molecule is COC[C@@H](C)n1c(C)cc(/C=C(\C#N)C(=O)O[C@@H](C)C(=O)Nc2ccc(C)cc2)c1C. The Kier molecular flexibility index (Phi) is 8.17. The summed E-state index contributed by atoms with van der Waals surface area (Å²) < 4.78 is 12.5. The van der Waals surface area contributed by atoms with Gasteiger partial charge in [0.05, 0.1) is 12.6 Å². The zero-order valence-electron chi connectivity index (χ0n) is 18.9.